The van der Waals surface area contributed by atoms with Gasteiger partial charge in [-0.3, -0.25) is 9.48 Å². The fourth-order valence-corrected chi connectivity index (χ4v) is 2.51. The summed E-state index contributed by atoms with van der Waals surface area (Å²) in [6, 6.07) is 7.44. The fourth-order valence-electron chi connectivity index (χ4n) is 2.51. The second-order valence-corrected chi connectivity index (χ2v) is 4.82. The molecule has 1 aliphatic rings. The Morgan fingerprint density at radius 1 is 1.47 bits per heavy atom. The lowest BCUT2D eigenvalue weighted by molar-refractivity contribution is 0.0858. The van der Waals surface area contributed by atoms with Crippen molar-refractivity contribution in [1.29, 1.82) is 0 Å². The molecule has 0 radical (unpaired) electrons. The van der Waals surface area contributed by atoms with Gasteiger partial charge in [-0.25, -0.2) is 0 Å². The molecule has 0 saturated carbocycles. The Kier molecular flexibility index (Phi) is 2.83. The monoisotopic (exact) mass is 257 g/mol. The Labute approximate surface area is 110 Å². The number of fused-ring (bicyclic) bond motifs is 1. The zero-order chi connectivity index (χ0) is 13.4. The molecular weight excluding hydrogens is 242 g/mol. The lowest BCUT2D eigenvalue weighted by Crippen LogP contribution is -2.33. The summed E-state index contributed by atoms with van der Waals surface area (Å²) in [4.78, 5) is 12.1. The van der Waals surface area contributed by atoms with Crippen LogP contribution >= 0.6 is 0 Å². The molecule has 1 aliphatic carbocycles. The molecule has 2 atom stereocenters. The number of benzene rings is 1. The predicted molar refractivity (Wildman–Crippen MR) is 69.6 cm³/mol. The maximum absolute atomic E-state index is 12.1. The van der Waals surface area contributed by atoms with Crippen LogP contribution in [0.4, 0.5) is 0 Å². The first-order valence-corrected chi connectivity index (χ1v) is 6.20. The molecule has 1 aromatic carbocycles. The molecular formula is C14H15N3O2. The second kappa shape index (κ2) is 4.51. The van der Waals surface area contributed by atoms with Gasteiger partial charge in [0, 0.05) is 19.7 Å². The maximum Gasteiger partial charge on any atom is 0.255 e. The highest BCUT2D eigenvalue weighted by Gasteiger charge is 2.32. The van der Waals surface area contributed by atoms with E-state index in [1.54, 1.807) is 17.9 Å². The smallest absolute Gasteiger partial charge is 0.255 e. The molecule has 19 heavy (non-hydrogen) atoms. The Morgan fingerprint density at radius 3 is 3.00 bits per heavy atom. The summed E-state index contributed by atoms with van der Waals surface area (Å²) in [6.07, 6.45) is 3.18. The van der Waals surface area contributed by atoms with E-state index in [0.717, 1.165) is 11.1 Å². The Bertz CT molecular complexity index is 621. The quantitative estimate of drug-likeness (QED) is 0.836. The van der Waals surface area contributed by atoms with E-state index in [0.29, 0.717) is 12.0 Å². The van der Waals surface area contributed by atoms with Crippen molar-refractivity contribution in [3.8, 4) is 0 Å². The average molecular weight is 257 g/mol. The van der Waals surface area contributed by atoms with Gasteiger partial charge in [0.15, 0.2) is 0 Å². The molecule has 2 unspecified atom stereocenters. The molecule has 0 fully saturated rings. The van der Waals surface area contributed by atoms with Crippen molar-refractivity contribution in [3.05, 3.63) is 53.3 Å². The Hall–Kier alpha value is -2.14. The molecule has 98 valence electrons. The number of aliphatic hydroxyl groups is 1. The lowest BCUT2D eigenvalue weighted by atomic mass is 10.1. The number of hydrogen-bond acceptors (Lipinski definition) is 3. The Balaban J connectivity index is 1.82. The van der Waals surface area contributed by atoms with Crippen molar-refractivity contribution < 1.29 is 9.90 Å². The number of aliphatic hydroxyl groups excluding tert-OH is 1. The van der Waals surface area contributed by atoms with Gasteiger partial charge in [-0.05, 0) is 11.1 Å². The van der Waals surface area contributed by atoms with Gasteiger partial charge in [-0.15, -0.1) is 0 Å². The van der Waals surface area contributed by atoms with Crippen molar-refractivity contribution in [2.75, 3.05) is 0 Å². The first-order valence-electron chi connectivity index (χ1n) is 6.20. The largest absolute Gasteiger partial charge is 0.390 e. The van der Waals surface area contributed by atoms with Crippen molar-refractivity contribution in [1.82, 2.24) is 15.1 Å². The first-order chi connectivity index (χ1) is 9.15. The van der Waals surface area contributed by atoms with Gasteiger partial charge in [0.2, 0.25) is 0 Å². The molecule has 0 saturated heterocycles. The van der Waals surface area contributed by atoms with Crippen molar-refractivity contribution in [2.24, 2.45) is 7.05 Å². The summed E-state index contributed by atoms with van der Waals surface area (Å²) in [5, 5.41) is 16.9. The molecule has 0 bridgehead atoms. The standard InChI is InChI=1S/C14H15N3O2/c1-17-8-10(7-15-17)14(19)16-13-11-5-3-2-4-9(11)6-12(13)18/h2-5,7-8,12-13,18H,6H2,1H3,(H,16,19). The number of aryl methyl sites for hydroxylation is 1. The van der Waals surface area contributed by atoms with Crippen LogP contribution in [-0.4, -0.2) is 26.9 Å². The van der Waals surface area contributed by atoms with E-state index in [2.05, 4.69) is 10.4 Å². The molecule has 2 aromatic rings. The highest BCUT2D eigenvalue weighted by molar-refractivity contribution is 5.94. The minimum absolute atomic E-state index is 0.214. The first kappa shape index (κ1) is 11.9. The highest BCUT2D eigenvalue weighted by atomic mass is 16.3. The number of carbonyl (C=O) groups is 1. The van der Waals surface area contributed by atoms with Gasteiger partial charge in [-0.1, -0.05) is 24.3 Å². The molecule has 1 aromatic heterocycles. The molecule has 1 heterocycles. The van der Waals surface area contributed by atoms with Crippen LogP contribution in [0.3, 0.4) is 0 Å². The molecule has 5 heteroatoms. The summed E-state index contributed by atoms with van der Waals surface area (Å²) in [7, 11) is 1.76. The third kappa shape index (κ3) is 2.13. The number of aromatic nitrogens is 2. The fraction of sp³-hybridized carbons (Fsp3) is 0.286. The van der Waals surface area contributed by atoms with Gasteiger partial charge in [0.05, 0.1) is 23.9 Å². The third-order valence-corrected chi connectivity index (χ3v) is 3.46. The van der Waals surface area contributed by atoms with E-state index in [9.17, 15) is 9.90 Å². The summed E-state index contributed by atoms with van der Waals surface area (Å²) in [6.45, 7) is 0. The van der Waals surface area contributed by atoms with Crippen LogP contribution in [0.25, 0.3) is 0 Å². The number of carbonyl (C=O) groups excluding carboxylic acids is 1. The molecule has 0 spiro atoms. The van der Waals surface area contributed by atoms with E-state index < -0.39 is 6.10 Å². The number of hydrogen-bond donors (Lipinski definition) is 2. The SMILES string of the molecule is Cn1cc(C(=O)NC2c3ccccc3CC2O)cn1. The Morgan fingerprint density at radius 2 is 2.26 bits per heavy atom. The summed E-state index contributed by atoms with van der Waals surface area (Å²) in [5.74, 6) is -0.214. The van der Waals surface area contributed by atoms with Gasteiger partial charge >= 0.3 is 0 Å². The van der Waals surface area contributed by atoms with Crippen molar-refractivity contribution in [3.63, 3.8) is 0 Å². The van der Waals surface area contributed by atoms with Crippen LogP contribution in [0.1, 0.15) is 27.5 Å². The maximum atomic E-state index is 12.1. The molecule has 1 amide bonds. The van der Waals surface area contributed by atoms with Crippen molar-refractivity contribution >= 4 is 5.91 Å². The molecule has 5 nitrogen and oxygen atoms in total. The minimum atomic E-state index is -0.571. The van der Waals surface area contributed by atoms with Crippen LogP contribution in [0.5, 0.6) is 0 Å². The van der Waals surface area contributed by atoms with E-state index in [1.807, 2.05) is 24.3 Å². The van der Waals surface area contributed by atoms with Gasteiger partial charge in [-0.2, -0.15) is 5.10 Å². The van der Waals surface area contributed by atoms with Crippen LogP contribution in [0, 0.1) is 0 Å². The number of amides is 1. The normalized spacial score (nSPS) is 21.2. The summed E-state index contributed by atoms with van der Waals surface area (Å²) < 4.78 is 1.58. The number of rotatable bonds is 2. The number of nitrogens with one attached hydrogen (secondary N) is 1. The zero-order valence-corrected chi connectivity index (χ0v) is 10.6. The van der Waals surface area contributed by atoms with Crippen molar-refractivity contribution in [2.45, 2.75) is 18.6 Å². The molecule has 3 rings (SSSR count). The lowest BCUT2D eigenvalue weighted by Gasteiger charge is -2.17. The van der Waals surface area contributed by atoms with Crippen LogP contribution in [0.15, 0.2) is 36.7 Å². The van der Waals surface area contributed by atoms with E-state index >= 15 is 0 Å². The summed E-state index contributed by atoms with van der Waals surface area (Å²) in [5.41, 5.74) is 2.58. The number of nitrogens with zero attached hydrogens (tertiary/aromatic N) is 2. The van der Waals surface area contributed by atoms with Crippen LogP contribution in [0.2, 0.25) is 0 Å². The van der Waals surface area contributed by atoms with Crippen LogP contribution < -0.4 is 5.32 Å². The topological polar surface area (TPSA) is 67.2 Å². The zero-order valence-electron chi connectivity index (χ0n) is 10.6. The van der Waals surface area contributed by atoms with E-state index in [1.165, 1.54) is 6.20 Å². The molecule has 2 N–H and O–H groups in total. The molecule has 0 aliphatic heterocycles. The van der Waals surface area contributed by atoms with Gasteiger partial charge in [0.25, 0.3) is 5.91 Å². The average Bonchev–Trinajstić information content (AvgIpc) is 2.95. The summed E-state index contributed by atoms with van der Waals surface area (Å²) >= 11 is 0. The van der Waals surface area contributed by atoms with E-state index in [-0.39, 0.29) is 11.9 Å². The van der Waals surface area contributed by atoms with Gasteiger partial charge in [0.1, 0.15) is 0 Å². The highest BCUT2D eigenvalue weighted by Crippen LogP contribution is 2.31. The van der Waals surface area contributed by atoms with Gasteiger partial charge < -0.3 is 10.4 Å². The van der Waals surface area contributed by atoms with Crippen LogP contribution in [-0.2, 0) is 13.5 Å². The predicted octanol–water partition coefficient (Wildman–Crippen LogP) is 0.808. The second-order valence-electron chi connectivity index (χ2n) is 4.82. The third-order valence-electron chi connectivity index (χ3n) is 3.46. The van der Waals surface area contributed by atoms with E-state index in [4.69, 9.17) is 0 Å². The minimum Gasteiger partial charge on any atom is -0.390 e.